The molecule has 0 aliphatic rings. The first-order valence-corrected chi connectivity index (χ1v) is 7.16. The molecule has 0 bridgehead atoms. The van der Waals surface area contributed by atoms with E-state index in [9.17, 15) is 0 Å². The Labute approximate surface area is 126 Å². The van der Waals surface area contributed by atoms with Crippen molar-refractivity contribution in [1.29, 1.82) is 0 Å². The Bertz CT molecular complexity index is 540. The van der Waals surface area contributed by atoms with Crippen molar-refractivity contribution in [3.8, 4) is 11.5 Å². The average molecular weight is 342 g/mol. The normalized spacial score (nSPS) is 10.3. The van der Waals surface area contributed by atoms with Crippen molar-refractivity contribution < 1.29 is 9.47 Å². The summed E-state index contributed by atoms with van der Waals surface area (Å²) in [5, 5.41) is 0. The summed E-state index contributed by atoms with van der Waals surface area (Å²) in [5.74, 6) is 2.12. The third-order valence-electron chi connectivity index (χ3n) is 2.73. The summed E-state index contributed by atoms with van der Waals surface area (Å²) in [4.78, 5) is 0. The van der Waals surface area contributed by atoms with Crippen LogP contribution in [0, 0.1) is 0 Å². The van der Waals surface area contributed by atoms with E-state index in [1.807, 2.05) is 42.5 Å². The Hall–Kier alpha value is -1.19. The zero-order valence-electron chi connectivity index (χ0n) is 10.5. The molecule has 0 amide bonds. The maximum absolute atomic E-state index is 5.86. The molecule has 0 spiro atoms. The minimum Gasteiger partial charge on any atom is -0.497 e. The first-order chi connectivity index (χ1) is 9.22. The van der Waals surface area contributed by atoms with Gasteiger partial charge in [-0.15, -0.1) is 11.6 Å². The lowest BCUT2D eigenvalue weighted by Crippen LogP contribution is -1.96. The molecule has 0 fully saturated rings. The number of alkyl halides is 1. The van der Waals surface area contributed by atoms with Crippen molar-refractivity contribution in [2.75, 3.05) is 7.11 Å². The molecule has 0 saturated carbocycles. The maximum Gasteiger partial charge on any atom is 0.120 e. The smallest absolute Gasteiger partial charge is 0.120 e. The van der Waals surface area contributed by atoms with Crippen molar-refractivity contribution in [1.82, 2.24) is 0 Å². The lowest BCUT2D eigenvalue weighted by molar-refractivity contribution is 0.305. The van der Waals surface area contributed by atoms with E-state index in [0.29, 0.717) is 12.5 Å². The summed E-state index contributed by atoms with van der Waals surface area (Å²) in [5.41, 5.74) is 2.12. The monoisotopic (exact) mass is 340 g/mol. The second-order valence-corrected chi connectivity index (χ2v) is 5.15. The summed E-state index contributed by atoms with van der Waals surface area (Å²) >= 11 is 9.30. The van der Waals surface area contributed by atoms with E-state index in [2.05, 4.69) is 15.9 Å². The van der Waals surface area contributed by atoms with Crippen molar-refractivity contribution in [3.05, 3.63) is 58.1 Å². The van der Waals surface area contributed by atoms with Crippen LogP contribution in [0.1, 0.15) is 11.1 Å². The van der Waals surface area contributed by atoms with Gasteiger partial charge >= 0.3 is 0 Å². The topological polar surface area (TPSA) is 18.5 Å². The molecule has 0 aliphatic heterocycles. The minimum atomic E-state index is 0.459. The number of benzene rings is 2. The lowest BCUT2D eigenvalue weighted by Gasteiger charge is -2.09. The van der Waals surface area contributed by atoms with E-state index in [4.69, 9.17) is 21.1 Å². The van der Waals surface area contributed by atoms with Gasteiger partial charge in [0.25, 0.3) is 0 Å². The first-order valence-electron chi connectivity index (χ1n) is 5.83. The largest absolute Gasteiger partial charge is 0.497 e. The molecule has 2 rings (SSSR count). The van der Waals surface area contributed by atoms with Gasteiger partial charge in [0, 0.05) is 10.4 Å². The highest BCUT2D eigenvalue weighted by molar-refractivity contribution is 9.10. The Balaban J connectivity index is 2.01. The van der Waals surface area contributed by atoms with Crippen molar-refractivity contribution in [2.45, 2.75) is 12.5 Å². The highest BCUT2D eigenvalue weighted by Gasteiger charge is 2.02. The summed E-state index contributed by atoms with van der Waals surface area (Å²) in [6, 6.07) is 13.6. The lowest BCUT2D eigenvalue weighted by atomic mass is 10.2. The van der Waals surface area contributed by atoms with Crippen LogP contribution in [0.5, 0.6) is 11.5 Å². The molecule has 2 nitrogen and oxygen atoms in total. The number of methoxy groups -OCH3 is 1. The van der Waals surface area contributed by atoms with Gasteiger partial charge in [0.2, 0.25) is 0 Å². The van der Waals surface area contributed by atoms with E-state index < -0.39 is 0 Å². The molecule has 0 unspecified atom stereocenters. The summed E-state index contributed by atoms with van der Waals surface area (Å²) < 4.78 is 11.9. The van der Waals surface area contributed by atoms with Gasteiger partial charge in [0.05, 0.1) is 7.11 Å². The first kappa shape index (κ1) is 14.2. The molecular weight excluding hydrogens is 328 g/mol. The molecule has 4 heteroatoms. The quantitative estimate of drug-likeness (QED) is 0.729. The van der Waals surface area contributed by atoms with Gasteiger partial charge in [-0.05, 0) is 41.5 Å². The zero-order valence-corrected chi connectivity index (χ0v) is 12.9. The number of hydrogen-bond donors (Lipinski definition) is 0. The van der Waals surface area contributed by atoms with Crippen LogP contribution in [0.3, 0.4) is 0 Å². The SMILES string of the molecule is COc1ccc(COc2ccc(Br)c(CCl)c2)cc1. The number of ether oxygens (including phenoxy) is 2. The van der Waals surface area contributed by atoms with Gasteiger partial charge in [0.15, 0.2) is 0 Å². The van der Waals surface area contributed by atoms with Crippen LogP contribution in [0.15, 0.2) is 46.9 Å². The van der Waals surface area contributed by atoms with E-state index in [0.717, 1.165) is 27.1 Å². The van der Waals surface area contributed by atoms with Crippen LogP contribution < -0.4 is 9.47 Å². The molecule has 0 aromatic heterocycles. The van der Waals surface area contributed by atoms with Gasteiger partial charge in [-0.2, -0.15) is 0 Å². The Morgan fingerprint density at radius 2 is 1.74 bits per heavy atom. The Kier molecular flexibility index (Phi) is 5.11. The predicted octanol–water partition coefficient (Wildman–Crippen LogP) is 4.78. The minimum absolute atomic E-state index is 0.459. The Morgan fingerprint density at radius 3 is 2.37 bits per heavy atom. The van der Waals surface area contributed by atoms with Gasteiger partial charge in [-0.1, -0.05) is 28.1 Å². The Morgan fingerprint density at radius 1 is 1.05 bits per heavy atom. The van der Waals surface area contributed by atoms with E-state index >= 15 is 0 Å². The molecule has 2 aromatic carbocycles. The molecule has 0 saturated heterocycles. The van der Waals surface area contributed by atoms with E-state index in [1.54, 1.807) is 7.11 Å². The molecule has 0 N–H and O–H groups in total. The third kappa shape index (κ3) is 3.88. The third-order valence-corrected chi connectivity index (χ3v) is 3.79. The molecule has 19 heavy (non-hydrogen) atoms. The highest BCUT2D eigenvalue weighted by atomic mass is 79.9. The van der Waals surface area contributed by atoms with Gasteiger partial charge in [0.1, 0.15) is 18.1 Å². The van der Waals surface area contributed by atoms with Crippen LogP contribution in [0.25, 0.3) is 0 Å². The average Bonchev–Trinajstić information content (AvgIpc) is 2.47. The van der Waals surface area contributed by atoms with E-state index in [-0.39, 0.29) is 0 Å². The maximum atomic E-state index is 5.86. The molecule has 0 atom stereocenters. The second-order valence-electron chi connectivity index (χ2n) is 4.02. The van der Waals surface area contributed by atoms with Gasteiger partial charge in [-0.3, -0.25) is 0 Å². The number of rotatable bonds is 5. The van der Waals surface area contributed by atoms with Crippen LogP contribution >= 0.6 is 27.5 Å². The predicted molar refractivity (Wildman–Crippen MR) is 81.0 cm³/mol. The number of halogens is 2. The second kappa shape index (κ2) is 6.83. The van der Waals surface area contributed by atoms with Gasteiger partial charge < -0.3 is 9.47 Å². The standard InChI is InChI=1S/C15H14BrClO2/c1-18-13-4-2-11(3-5-13)10-19-14-6-7-15(16)12(8-14)9-17/h2-8H,9-10H2,1H3. The van der Waals surface area contributed by atoms with Crippen molar-refractivity contribution >= 4 is 27.5 Å². The zero-order chi connectivity index (χ0) is 13.7. The molecule has 100 valence electrons. The van der Waals surface area contributed by atoms with Crippen LogP contribution in [-0.4, -0.2) is 7.11 Å². The number of hydrogen-bond acceptors (Lipinski definition) is 2. The fourth-order valence-electron chi connectivity index (χ4n) is 1.63. The fraction of sp³-hybridized carbons (Fsp3) is 0.200. The van der Waals surface area contributed by atoms with Gasteiger partial charge in [-0.25, -0.2) is 0 Å². The molecule has 0 aliphatic carbocycles. The van der Waals surface area contributed by atoms with Crippen molar-refractivity contribution in [2.24, 2.45) is 0 Å². The summed E-state index contributed by atoms with van der Waals surface area (Å²) in [6.45, 7) is 0.521. The summed E-state index contributed by atoms with van der Waals surface area (Å²) in [7, 11) is 1.65. The molecule has 0 radical (unpaired) electrons. The molecule has 2 aromatic rings. The van der Waals surface area contributed by atoms with Crippen LogP contribution in [-0.2, 0) is 12.5 Å². The summed E-state index contributed by atoms with van der Waals surface area (Å²) in [6.07, 6.45) is 0. The van der Waals surface area contributed by atoms with Crippen molar-refractivity contribution in [3.63, 3.8) is 0 Å². The molecule has 0 heterocycles. The molecular formula is C15H14BrClO2. The van der Waals surface area contributed by atoms with Crippen LogP contribution in [0.2, 0.25) is 0 Å². The highest BCUT2D eigenvalue weighted by Crippen LogP contribution is 2.24. The van der Waals surface area contributed by atoms with E-state index in [1.165, 1.54) is 0 Å². The fourth-order valence-corrected chi connectivity index (χ4v) is 2.40. The van der Waals surface area contributed by atoms with Crippen LogP contribution in [0.4, 0.5) is 0 Å².